The number of nitrogens with zero attached hydrogens (tertiary/aromatic N) is 7. The summed E-state index contributed by atoms with van der Waals surface area (Å²) in [7, 11) is 3.26. The van der Waals surface area contributed by atoms with Crippen molar-refractivity contribution in [3.8, 4) is 0 Å². The fourth-order valence-corrected chi connectivity index (χ4v) is 5.01. The Morgan fingerprint density at radius 2 is 1.84 bits per heavy atom. The van der Waals surface area contributed by atoms with Gasteiger partial charge in [-0.15, -0.1) is 0 Å². The van der Waals surface area contributed by atoms with Crippen LogP contribution in [0.15, 0.2) is 50.3 Å². The number of allylic oxidation sites excluding steroid dienone is 2. The van der Waals surface area contributed by atoms with Gasteiger partial charge in [0.25, 0.3) is 5.56 Å². The van der Waals surface area contributed by atoms with Crippen LogP contribution in [0.25, 0.3) is 22.1 Å². The van der Waals surface area contributed by atoms with Gasteiger partial charge in [-0.1, -0.05) is 29.8 Å². The summed E-state index contributed by atoms with van der Waals surface area (Å²) in [6.07, 6.45) is 3.89. The van der Waals surface area contributed by atoms with Gasteiger partial charge in [-0.25, -0.2) is 9.59 Å². The van der Waals surface area contributed by atoms with Crippen LogP contribution >= 0.6 is 0 Å². The number of hydrogen-bond acceptors (Lipinski definition) is 7. The van der Waals surface area contributed by atoms with Gasteiger partial charge in [-0.3, -0.25) is 18.5 Å². The summed E-state index contributed by atoms with van der Waals surface area (Å²) in [5.41, 5.74) is 7.63. The summed E-state index contributed by atoms with van der Waals surface area (Å²) < 4.78 is 5.86. The molecule has 1 fully saturated rings. The van der Waals surface area contributed by atoms with E-state index >= 15 is 0 Å². The molecular formula is C26H32N8O3. The number of hydrogen-bond donors (Lipinski definition) is 1. The van der Waals surface area contributed by atoms with Crippen LogP contribution in [0.4, 0.5) is 5.95 Å². The molecule has 0 amide bonds. The molecule has 0 aliphatic carbocycles. The molecular weight excluding hydrogens is 472 g/mol. The van der Waals surface area contributed by atoms with Gasteiger partial charge in [0.05, 0.1) is 17.8 Å². The second-order valence-electron chi connectivity index (χ2n) is 9.97. The number of aromatic nitrogens is 6. The number of para-hydroxylation sites is 1. The van der Waals surface area contributed by atoms with Crippen LogP contribution in [0.3, 0.4) is 0 Å². The molecule has 4 heterocycles. The SMILES string of the molecule is CC(C)=CCn1c(N2CCCC(N)C2)nc2c1c(=O)n(Cc1nc(=O)n(C)c3ccccc13)c(=O)n2C. The molecule has 1 unspecified atom stereocenters. The fraction of sp³-hybridized carbons (Fsp3) is 0.423. The molecule has 1 aromatic carbocycles. The zero-order valence-corrected chi connectivity index (χ0v) is 21.6. The number of fused-ring (bicyclic) bond motifs is 2. The summed E-state index contributed by atoms with van der Waals surface area (Å²) in [5, 5.41) is 0.708. The number of benzene rings is 1. The monoisotopic (exact) mass is 504 g/mol. The Balaban J connectivity index is 1.74. The van der Waals surface area contributed by atoms with Crippen LogP contribution in [0.1, 0.15) is 32.4 Å². The Kier molecular flexibility index (Phi) is 6.32. The molecule has 2 N–H and O–H groups in total. The van der Waals surface area contributed by atoms with Gasteiger partial charge < -0.3 is 15.2 Å². The highest BCUT2D eigenvalue weighted by Crippen LogP contribution is 2.23. The molecule has 3 aromatic heterocycles. The minimum Gasteiger partial charge on any atom is -0.341 e. The van der Waals surface area contributed by atoms with Crippen LogP contribution in [0.2, 0.25) is 0 Å². The van der Waals surface area contributed by atoms with E-state index in [1.165, 1.54) is 9.13 Å². The summed E-state index contributed by atoms with van der Waals surface area (Å²) in [6.45, 7) is 5.70. The molecule has 37 heavy (non-hydrogen) atoms. The second kappa shape index (κ2) is 9.47. The van der Waals surface area contributed by atoms with Crippen molar-refractivity contribution >= 4 is 28.0 Å². The Hall–Kier alpha value is -3.99. The first-order valence-corrected chi connectivity index (χ1v) is 12.5. The molecule has 1 aliphatic heterocycles. The van der Waals surface area contributed by atoms with E-state index in [0.717, 1.165) is 29.5 Å². The van der Waals surface area contributed by atoms with Crippen molar-refractivity contribution in [1.82, 2.24) is 28.2 Å². The quantitative estimate of drug-likeness (QED) is 0.403. The smallest absolute Gasteiger partial charge is 0.341 e. The Bertz CT molecular complexity index is 1720. The van der Waals surface area contributed by atoms with Gasteiger partial charge >= 0.3 is 11.4 Å². The average molecular weight is 505 g/mol. The number of aryl methyl sites for hydroxylation is 2. The van der Waals surface area contributed by atoms with Crippen LogP contribution < -0.4 is 27.6 Å². The van der Waals surface area contributed by atoms with Gasteiger partial charge in [-0.05, 0) is 32.8 Å². The number of rotatable bonds is 5. The van der Waals surface area contributed by atoms with Crippen molar-refractivity contribution in [2.24, 2.45) is 19.8 Å². The molecule has 11 nitrogen and oxygen atoms in total. The van der Waals surface area contributed by atoms with E-state index in [-0.39, 0.29) is 12.6 Å². The third-order valence-corrected chi connectivity index (χ3v) is 7.04. The van der Waals surface area contributed by atoms with Crippen molar-refractivity contribution in [2.75, 3.05) is 18.0 Å². The molecule has 0 saturated carbocycles. The number of nitrogens with two attached hydrogens (primary N) is 1. The van der Waals surface area contributed by atoms with Gasteiger partial charge in [0, 0.05) is 45.2 Å². The normalized spacial score (nSPS) is 16.0. The predicted molar refractivity (Wildman–Crippen MR) is 144 cm³/mol. The summed E-state index contributed by atoms with van der Waals surface area (Å²) >= 11 is 0. The number of anilines is 1. The van der Waals surface area contributed by atoms with E-state index in [0.29, 0.717) is 46.8 Å². The third kappa shape index (κ3) is 4.29. The Morgan fingerprint density at radius 1 is 1.08 bits per heavy atom. The van der Waals surface area contributed by atoms with Crippen LogP contribution in [-0.4, -0.2) is 47.4 Å². The zero-order valence-electron chi connectivity index (χ0n) is 21.6. The average Bonchev–Trinajstić information content (AvgIpc) is 3.27. The Morgan fingerprint density at radius 3 is 2.57 bits per heavy atom. The topological polar surface area (TPSA) is 126 Å². The van der Waals surface area contributed by atoms with Gasteiger partial charge in [0.1, 0.15) is 0 Å². The maximum absolute atomic E-state index is 13.9. The van der Waals surface area contributed by atoms with E-state index < -0.39 is 16.9 Å². The van der Waals surface area contributed by atoms with Crippen molar-refractivity contribution in [1.29, 1.82) is 0 Å². The first-order chi connectivity index (χ1) is 17.7. The predicted octanol–water partition coefficient (Wildman–Crippen LogP) is 1.09. The maximum Gasteiger partial charge on any atom is 0.348 e. The molecule has 1 aliphatic rings. The Labute approximate surface area is 213 Å². The highest BCUT2D eigenvalue weighted by molar-refractivity contribution is 5.81. The lowest BCUT2D eigenvalue weighted by atomic mass is 10.1. The highest BCUT2D eigenvalue weighted by Gasteiger charge is 2.26. The first-order valence-electron chi connectivity index (χ1n) is 12.5. The van der Waals surface area contributed by atoms with Crippen molar-refractivity contribution < 1.29 is 0 Å². The van der Waals surface area contributed by atoms with E-state index in [9.17, 15) is 14.4 Å². The molecule has 5 rings (SSSR count). The van der Waals surface area contributed by atoms with Gasteiger partial charge in [0.2, 0.25) is 5.95 Å². The molecule has 4 aromatic rings. The van der Waals surface area contributed by atoms with E-state index in [2.05, 4.69) is 9.88 Å². The maximum atomic E-state index is 13.9. The van der Waals surface area contributed by atoms with Gasteiger partial charge in [-0.2, -0.15) is 9.97 Å². The van der Waals surface area contributed by atoms with Crippen LogP contribution in [0.5, 0.6) is 0 Å². The summed E-state index contributed by atoms with van der Waals surface area (Å²) in [6, 6.07) is 7.34. The molecule has 1 saturated heterocycles. The minimum atomic E-state index is -0.516. The van der Waals surface area contributed by atoms with Crippen molar-refractivity contribution in [3.05, 3.63) is 72.9 Å². The molecule has 194 valence electrons. The summed E-state index contributed by atoms with van der Waals surface area (Å²) in [5.74, 6) is 0.629. The standard InChI is InChI=1S/C26H32N8O3/c1-16(2)11-13-33-21-22(29-24(33)32-12-7-8-17(27)14-32)31(4)26(37)34(23(21)35)15-19-18-9-5-6-10-20(18)30(3)25(36)28-19/h5-6,9-11,17H,7-8,12-15,27H2,1-4H3. The highest BCUT2D eigenvalue weighted by atomic mass is 16.2. The first kappa shape index (κ1) is 24.7. The lowest BCUT2D eigenvalue weighted by Crippen LogP contribution is -2.44. The van der Waals surface area contributed by atoms with Gasteiger partial charge in [0.15, 0.2) is 11.2 Å². The largest absolute Gasteiger partial charge is 0.348 e. The summed E-state index contributed by atoms with van der Waals surface area (Å²) in [4.78, 5) is 51.0. The zero-order chi connectivity index (χ0) is 26.4. The third-order valence-electron chi connectivity index (χ3n) is 7.04. The van der Waals surface area contributed by atoms with E-state index in [1.54, 1.807) is 14.1 Å². The van der Waals surface area contributed by atoms with Crippen molar-refractivity contribution in [3.63, 3.8) is 0 Å². The lowest BCUT2D eigenvalue weighted by Gasteiger charge is -2.31. The number of piperidine rings is 1. The molecule has 11 heteroatoms. The van der Waals surface area contributed by atoms with Crippen LogP contribution in [-0.2, 0) is 27.2 Å². The minimum absolute atomic E-state index is 0.0194. The van der Waals surface area contributed by atoms with E-state index in [1.807, 2.05) is 48.8 Å². The molecule has 1 atom stereocenters. The second-order valence-corrected chi connectivity index (χ2v) is 9.97. The molecule has 0 spiro atoms. The molecule has 0 radical (unpaired) electrons. The molecule has 0 bridgehead atoms. The van der Waals surface area contributed by atoms with Crippen molar-refractivity contribution in [2.45, 2.75) is 45.8 Å². The van der Waals surface area contributed by atoms with Crippen LogP contribution in [0, 0.1) is 0 Å². The number of imidazole rings is 1. The van der Waals surface area contributed by atoms with E-state index in [4.69, 9.17) is 10.7 Å². The lowest BCUT2D eigenvalue weighted by molar-refractivity contribution is 0.495. The fourth-order valence-electron chi connectivity index (χ4n) is 5.01.